The lowest BCUT2D eigenvalue weighted by Gasteiger charge is -2.28. The highest BCUT2D eigenvalue weighted by Crippen LogP contribution is 2.26. The number of benzene rings is 1. The Balaban J connectivity index is 1.57. The van der Waals surface area contributed by atoms with Gasteiger partial charge in [-0.3, -0.25) is 0 Å². The third kappa shape index (κ3) is 4.44. The molecular weight excluding hydrogens is 328 g/mol. The summed E-state index contributed by atoms with van der Waals surface area (Å²) >= 11 is 3.72. The molecule has 1 aromatic carbocycles. The van der Waals surface area contributed by atoms with E-state index in [1.165, 1.54) is 41.4 Å². The van der Waals surface area contributed by atoms with Gasteiger partial charge in [0.05, 0.1) is 6.61 Å². The van der Waals surface area contributed by atoms with E-state index >= 15 is 0 Å². The Morgan fingerprint density at radius 2 is 2.19 bits per heavy atom. The average Bonchev–Trinajstić information content (AvgIpc) is 3.31. The van der Waals surface area contributed by atoms with Crippen LogP contribution in [-0.4, -0.2) is 32.8 Å². The third-order valence-corrected chi connectivity index (χ3v) is 5.16. The number of rotatable bonds is 6. The molecule has 1 saturated heterocycles. The Bertz CT molecular complexity index is 470. The average molecular weight is 353 g/mol. The molecule has 116 valence electrons. The first-order valence-corrected chi connectivity index (χ1v) is 8.82. The van der Waals surface area contributed by atoms with E-state index < -0.39 is 0 Å². The zero-order chi connectivity index (χ0) is 14.7. The molecule has 0 bridgehead atoms. The minimum absolute atomic E-state index is 0.665. The first-order valence-electron chi connectivity index (χ1n) is 8.03. The second-order valence-corrected chi connectivity index (χ2v) is 7.25. The van der Waals surface area contributed by atoms with E-state index in [9.17, 15) is 0 Å². The number of halogens is 1. The SMILES string of the molecule is CN(CC1CCCOC1)c1ccc(CNC2CC2)c(Br)c1. The molecule has 1 aliphatic carbocycles. The molecule has 0 radical (unpaired) electrons. The van der Waals surface area contributed by atoms with Gasteiger partial charge in [0, 0.05) is 42.9 Å². The predicted octanol–water partition coefficient (Wildman–Crippen LogP) is 3.56. The van der Waals surface area contributed by atoms with Crippen LogP contribution in [0.3, 0.4) is 0 Å². The van der Waals surface area contributed by atoms with Crippen molar-refractivity contribution in [3.8, 4) is 0 Å². The monoisotopic (exact) mass is 352 g/mol. The van der Waals surface area contributed by atoms with Gasteiger partial charge in [0.1, 0.15) is 0 Å². The van der Waals surface area contributed by atoms with E-state index in [2.05, 4.69) is 51.4 Å². The van der Waals surface area contributed by atoms with Crippen molar-refractivity contribution < 1.29 is 4.74 Å². The quantitative estimate of drug-likeness (QED) is 0.846. The fourth-order valence-corrected chi connectivity index (χ4v) is 3.41. The minimum atomic E-state index is 0.665. The maximum absolute atomic E-state index is 5.58. The van der Waals surface area contributed by atoms with Crippen LogP contribution in [0.5, 0.6) is 0 Å². The summed E-state index contributed by atoms with van der Waals surface area (Å²) in [6.07, 6.45) is 5.16. The summed E-state index contributed by atoms with van der Waals surface area (Å²) in [5, 5.41) is 3.57. The van der Waals surface area contributed by atoms with Gasteiger partial charge in [-0.25, -0.2) is 0 Å². The van der Waals surface area contributed by atoms with Crippen molar-refractivity contribution in [2.45, 2.75) is 38.3 Å². The first kappa shape index (κ1) is 15.3. The topological polar surface area (TPSA) is 24.5 Å². The number of ether oxygens (including phenoxy) is 1. The highest BCUT2D eigenvalue weighted by Gasteiger charge is 2.20. The van der Waals surface area contributed by atoms with Crippen LogP contribution in [0.2, 0.25) is 0 Å². The molecule has 1 atom stereocenters. The van der Waals surface area contributed by atoms with Crippen LogP contribution in [0.4, 0.5) is 5.69 Å². The molecule has 4 heteroatoms. The molecule has 1 aliphatic heterocycles. The zero-order valence-electron chi connectivity index (χ0n) is 12.8. The van der Waals surface area contributed by atoms with Crippen LogP contribution < -0.4 is 10.2 Å². The minimum Gasteiger partial charge on any atom is -0.381 e. The summed E-state index contributed by atoms with van der Waals surface area (Å²) in [5.74, 6) is 0.665. The van der Waals surface area contributed by atoms with Gasteiger partial charge in [-0.15, -0.1) is 0 Å². The lowest BCUT2D eigenvalue weighted by molar-refractivity contribution is 0.0576. The zero-order valence-corrected chi connectivity index (χ0v) is 14.4. The van der Waals surface area contributed by atoms with Crippen LogP contribution in [0.25, 0.3) is 0 Å². The molecule has 0 aromatic heterocycles. The molecule has 2 fully saturated rings. The summed E-state index contributed by atoms with van der Waals surface area (Å²) in [7, 11) is 2.18. The molecule has 21 heavy (non-hydrogen) atoms. The normalized spacial score (nSPS) is 22.3. The fraction of sp³-hybridized carbons (Fsp3) is 0.647. The van der Waals surface area contributed by atoms with Crippen LogP contribution in [-0.2, 0) is 11.3 Å². The second kappa shape index (κ2) is 7.12. The maximum Gasteiger partial charge on any atom is 0.0511 e. The largest absolute Gasteiger partial charge is 0.381 e. The van der Waals surface area contributed by atoms with Gasteiger partial charge in [0.25, 0.3) is 0 Å². The lowest BCUT2D eigenvalue weighted by atomic mass is 10.0. The molecule has 3 rings (SSSR count). The van der Waals surface area contributed by atoms with Gasteiger partial charge >= 0.3 is 0 Å². The van der Waals surface area contributed by atoms with Crippen molar-refractivity contribution in [3.63, 3.8) is 0 Å². The number of nitrogens with one attached hydrogen (secondary N) is 1. The molecule has 1 N–H and O–H groups in total. The van der Waals surface area contributed by atoms with Gasteiger partial charge in [0.2, 0.25) is 0 Å². The first-order chi connectivity index (χ1) is 10.2. The van der Waals surface area contributed by atoms with E-state index in [1.54, 1.807) is 0 Å². The highest BCUT2D eigenvalue weighted by atomic mass is 79.9. The molecule has 3 nitrogen and oxygen atoms in total. The van der Waals surface area contributed by atoms with Crippen LogP contribution >= 0.6 is 15.9 Å². The summed E-state index contributed by atoms with van der Waals surface area (Å²) in [6.45, 7) is 3.89. The van der Waals surface area contributed by atoms with Gasteiger partial charge < -0.3 is 15.0 Å². The standard InChI is InChI=1S/C17H25BrN2O/c1-20(11-13-3-2-8-21-12-13)16-7-4-14(17(18)9-16)10-19-15-5-6-15/h4,7,9,13,15,19H,2-3,5-6,8,10-12H2,1H3. The molecule has 1 unspecified atom stereocenters. The van der Waals surface area contributed by atoms with Crippen molar-refractivity contribution >= 4 is 21.6 Å². The summed E-state index contributed by atoms with van der Waals surface area (Å²) in [6, 6.07) is 7.47. The summed E-state index contributed by atoms with van der Waals surface area (Å²) < 4.78 is 6.79. The molecule has 2 aliphatic rings. The number of anilines is 1. The molecule has 1 heterocycles. The van der Waals surface area contributed by atoms with Crippen molar-refractivity contribution in [1.82, 2.24) is 5.32 Å². The number of hydrogen-bond acceptors (Lipinski definition) is 3. The Kier molecular flexibility index (Phi) is 5.19. The van der Waals surface area contributed by atoms with Crippen molar-refractivity contribution in [1.29, 1.82) is 0 Å². The summed E-state index contributed by atoms with van der Waals surface area (Å²) in [4.78, 5) is 2.35. The number of hydrogen-bond donors (Lipinski definition) is 1. The smallest absolute Gasteiger partial charge is 0.0511 e. The van der Waals surface area contributed by atoms with Gasteiger partial charge in [-0.1, -0.05) is 22.0 Å². The Morgan fingerprint density at radius 3 is 2.86 bits per heavy atom. The van der Waals surface area contributed by atoms with Crippen LogP contribution in [0.15, 0.2) is 22.7 Å². The van der Waals surface area contributed by atoms with Crippen LogP contribution in [0, 0.1) is 5.92 Å². The molecule has 0 amide bonds. The van der Waals surface area contributed by atoms with Crippen molar-refractivity contribution in [3.05, 3.63) is 28.2 Å². The Morgan fingerprint density at radius 1 is 1.33 bits per heavy atom. The van der Waals surface area contributed by atoms with Gasteiger partial charge in [-0.2, -0.15) is 0 Å². The Hall–Kier alpha value is -0.580. The predicted molar refractivity (Wildman–Crippen MR) is 90.8 cm³/mol. The van der Waals surface area contributed by atoms with Gasteiger partial charge in [-0.05, 0) is 49.3 Å². The maximum atomic E-state index is 5.58. The molecular formula is C17H25BrN2O. The second-order valence-electron chi connectivity index (χ2n) is 6.39. The van der Waals surface area contributed by atoms with Crippen molar-refractivity contribution in [2.75, 3.05) is 31.7 Å². The molecule has 1 aromatic rings. The van der Waals surface area contributed by atoms with E-state index in [-0.39, 0.29) is 0 Å². The molecule has 1 saturated carbocycles. The lowest BCUT2D eigenvalue weighted by Crippen LogP contribution is -2.30. The van der Waals surface area contributed by atoms with E-state index in [1.807, 2.05) is 0 Å². The van der Waals surface area contributed by atoms with Crippen LogP contribution in [0.1, 0.15) is 31.2 Å². The summed E-state index contributed by atoms with van der Waals surface area (Å²) in [5.41, 5.74) is 2.63. The fourth-order valence-electron chi connectivity index (χ4n) is 2.90. The van der Waals surface area contributed by atoms with E-state index in [0.717, 1.165) is 32.3 Å². The molecule has 0 spiro atoms. The Labute approximate surface area is 136 Å². The highest BCUT2D eigenvalue weighted by molar-refractivity contribution is 9.10. The number of nitrogens with zero attached hydrogens (tertiary/aromatic N) is 1. The van der Waals surface area contributed by atoms with Gasteiger partial charge in [0.15, 0.2) is 0 Å². The van der Waals surface area contributed by atoms with E-state index in [0.29, 0.717) is 5.92 Å². The third-order valence-electron chi connectivity index (χ3n) is 4.42. The van der Waals surface area contributed by atoms with E-state index in [4.69, 9.17) is 4.74 Å². The van der Waals surface area contributed by atoms with Crippen molar-refractivity contribution in [2.24, 2.45) is 5.92 Å².